The normalized spacial score (nSPS) is 16.6. The average molecular weight is 979 g/mol. The van der Waals surface area contributed by atoms with Crippen molar-refractivity contribution >= 4 is 94.5 Å². The summed E-state index contributed by atoms with van der Waals surface area (Å²) in [5.74, 6) is -1.29. The third-order valence-electron chi connectivity index (χ3n) is 12.1. The van der Waals surface area contributed by atoms with E-state index in [0.717, 1.165) is 65.1 Å². The fourth-order valence-corrected chi connectivity index (χ4v) is 11.2. The molecule has 358 valence electrons. The van der Waals surface area contributed by atoms with E-state index < -0.39 is 24.4 Å². The van der Waals surface area contributed by atoms with Gasteiger partial charge in [0, 0.05) is 70.2 Å². The first kappa shape index (κ1) is 50.7. The van der Waals surface area contributed by atoms with Gasteiger partial charge in [-0.15, -0.1) is 11.3 Å². The Hall–Kier alpha value is -5.69. The number of likely N-dealkylation sites (N-methyl/N-ethyl adjacent to an activating group) is 1. The van der Waals surface area contributed by atoms with Crippen LogP contribution in [0.15, 0.2) is 60.7 Å². The topological polar surface area (TPSA) is 181 Å². The molecule has 1 aromatic heterocycles. The van der Waals surface area contributed by atoms with E-state index in [1.54, 1.807) is 29.0 Å². The van der Waals surface area contributed by atoms with Crippen molar-refractivity contribution < 1.29 is 43.0 Å². The zero-order valence-corrected chi connectivity index (χ0v) is 40.6. The van der Waals surface area contributed by atoms with Crippen molar-refractivity contribution in [2.45, 2.75) is 81.7 Å². The van der Waals surface area contributed by atoms with Gasteiger partial charge in [0.25, 0.3) is 0 Å². The highest BCUT2D eigenvalue weighted by molar-refractivity contribution is 7.96. The first-order chi connectivity index (χ1) is 32.1. The summed E-state index contributed by atoms with van der Waals surface area (Å²) in [5.41, 5.74) is 4.76. The molecule has 2 unspecified atom stereocenters. The maximum Gasteiger partial charge on any atom is 0.341 e. The van der Waals surface area contributed by atoms with Gasteiger partial charge in [-0.3, -0.25) is 14.4 Å². The van der Waals surface area contributed by atoms with Crippen LogP contribution in [0, 0.1) is 5.82 Å². The van der Waals surface area contributed by atoms with Gasteiger partial charge in [0.05, 0.1) is 21.9 Å². The Morgan fingerprint density at radius 3 is 2.45 bits per heavy atom. The van der Waals surface area contributed by atoms with Gasteiger partial charge in [-0.05, 0) is 105 Å². The van der Waals surface area contributed by atoms with Crippen LogP contribution in [0.4, 0.5) is 31.9 Å². The molecule has 2 aliphatic heterocycles. The number of nitrogens with one attached hydrogen (secondary N) is 3. The van der Waals surface area contributed by atoms with Gasteiger partial charge in [0.2, 0.25) is 12.3 Å². The van der Waals surface area contributed by atoms with Gasteiger partial charge >= 0.3 is 12.0 Å². The fourth-order valence-electron chi connectivity index (χ4n) is 8.65. The highest BCUT2D eigenvalue weighted by Gasteiger charge is 2.36. The Labute approximate surface area is 403 Å². The molecule has 4 N–H and O–H groups in total. The Kier molecular flexibility index (Phi) is 17.3. The number of rotatable bonds is 20. The van der Waals surface area contributed by atoms with E-state index in [2.05, 4.69) is 34.1 Å². The Balaban J connectivity index is 1.02. The second-order valence-electron chi connectivity index (χ2n) is 17.4. The molecule has 6 rings (SSSR count). The van der Waals surface area contributed by atoms with E-state index >= 15 is 4.39 Å². The number of hydrogen-bond acceptors (Lipinski definition) is 12. The maximum atomic E-state index is 15.2. The van der Waals surface area contributed by atoms with Crippen LogP contribution >= 0.6 is 34.9 Å². The smallest absolute Gasteiger partial charge is 0.341 e. The summed E-state index contributed by atoms with van der Waals surface area (Å²) in [6.07, 6.45) is 5.30. The number of aldehydes is 2. The largest absolute Gasteiger partial charge is 0.479 e. The van der Waals surface area contributed by atoms with Crippen molar-refractivity contribution in [2.24, 2.45) is 0 Å². The number of thiophene rings is 1. The van der Waals surface area contributed by atoms with Crippen molar-refractivity contribution in [3.63, 3.8) is 0 Å². The number of piperidine rings is 2. The van der Waals surface area contributed by atoms with Crippen molar-refractivity contribution in [2.75, 3.05) is 67.8 Å². The molecule has 0 spiro atoms. The number of carbonyl (C=O) groups excluding carboxylic acids is 5. The molecule has 0 radical (unpaired) electrons. The number of nitrogens with zero attached hydrogens (tertiary/aromatic N) is 4. The molecule has 2 atom stereocenters. The molecule has 0 saturated carbocycles. The van der Waals surface area contributed by atoms with E-state index in [9.17, 15) is 28.8 Å². The van der Waals surface area contributed by atoms with Crippen molar-refractivity contribution in [1.29, 1.82) is 0 Å². The molecule has 2 fully saturated rings. The number of benzene rings is 3. The Morgan fingerprint density at radius 1 is 1.03 bits per heavy atom. The van der Waals surface area contributed by atoms with Crippen LogP contribution in [-0.4, -0.2) is 116 Å². The zero-order chi connectivity index (χ0) is 48.4. The summed E-state index contributed by atoms with van der Waals surface area (Å²) in [4.78, 5) is 78.3. The number of amides is 4. The Morgan fingerprint density at radius 2 is 1.79 bits per heavy atom. The SMILES string of the molecule is CNC(=O)C(CCC=O)N(C=O)c1ccc(C2CCN(C(=O)Nc3cc(CSN4CCC(Nc5cccc(-c6sc(C=O)c(OCC(=O)O)c6Cl)c5)CC4(C)C)ccc3F)CC2)cc1N(C)C. The summed E-state index contributed by atoms with van der Waals surface area (Å²) in [6.45, 7) is 5.47. The number of carbonyl (C=O) groups is 6. The third-order valence-corrected chi connectivity index (χ3v) is 15.2. The lowest BCUT2D eigenvalue weighted by Crippen LogP contribution is -2.49. The van der Waals surface area contributed by atoms with Crippen LogP contribution in [0.2, 0.25) is 5.02 Å². The summed E-state index contributed by atoms with van der Waals surface area (Å²) in [7, 11) is 5.21. The molecule has 19 heteroatoms. The summed E-state index contributed by atoms with van der Waals surface area (Å²) < 4.78 is 22.9. The van der Waals surface area contributed by atoms with Crippen LogP contribution in [0.1, 0.15) is 79.1 Å². The molecule has 0 aliphatic carbocycles. The van der Waals surface area contributed by atoms with Crippen molar-refractivity contribution in [3.05, 3.63) is 87.5 Å². The first-order valence-electron chi connectivity index (χ1n) is 22.0. The van der Waals surface area contributed by atoms with Gasteiger partial charge in [-0.25, -0.2) is 18.3 Å². The molecule has 2 aliphatic rings. The number of carboxylic acid groups (broad SMARTS) is 1. The van der Waals surface area contributed by atoms with Crippen LogP contribution < -0.4 is 30.5 Å². The lowest BCUT2D eigenvalue weighted by atomic mass is 9.88. The molecule has 4 aromatic rings. The zero-order valence-electron chi connectivity index (χ0n) is 38.2. The Bertz CT molecular complexity index is 2450. The number of aliphatic carboxylic acids is 1. The molecular formula is C48H57ClFN7O8S2. The van der Waals surface area contributed by atoms with E-state index in [4.69, 9.17) is 21.4 Å². The second kappa shape index (κ2) is 22.9. The van der Waals surface area contributed by atoms with Crippen molar-refractivity contribution in [1.82, 2.24) is 14.5 Å². The predicted octanol–water partition coefficient (Wildman–Crippen LogP) is 8.52. The lowest BCUT2D eigenvalue weighted by molar-refractivity contribution is -0.139. The number of halogens is 2. The number of anilines is 4. The third kappa shape index (κ3) is 12.5. The number of urea groups is 1. The molecule has 67 heavy (non-hydrogen) atoms. The molecule has 2 saturated heterocycles. The number of likely N-dealkylation sites (tertiary alicyclic amines) is 1. The van der Waals surface area contributed by atoms with Gasteiger partial charge < -0.3 is 45.3 Å². The number of carboxylic acids is 1. The van der Waals surface area contributed by atoms with Gasteiger partial charge in [-0.2, -0.15) is 0 Å². The minimum Gasteiger partial charge on any atom is -0.479 e. The summed E-state index contributed by atoms with van der Waals surface area (Å²) in [6, 6.07) is 17.2. The quantitative estimate of drug-likeness (QED) is 0.0491. The molecule has 3 heterocycles. The first-order valence-corrected chi connectivity index (χ1v) is 24.1. The molecule has 3 aromatic carbocycles. The predicted molar refractivity (Wildman–Crippen MR) is 263 cm³/mol. The monoisotopic (exact) mass is 977 g/mol. The van der Waals surface area contributed by atoms with Crippen LogP contribution in [0.5, 0.6) is 5.75 Å². The fraction of sp³-hybridized carbons (Fsp3) is 0.417. The van der Waals surface area contributed by atoms with E-state index in [1.807, 2.05) is 61.5 Å². The van der Waals surface area contributed by atoms with E-state index in [1.165, 1.54) is 18.0 Å². The molecule has 0 bridgehead atoms. The standard InChI is InChI=1S/C48H57ClFN7O8S2/c1-48(2)25-35(52-34-9-6-8-33(23-34)45-43(49)44(41(26-59)67-45)65-27-42(61)62)17-20-57(48)66-28-30-11-13-36(50)37(22-30)53-47(64)55-18-15-31(16-19-55)32-12-14-38(40(24-32)54(4)5)56(29-60)39(10-7-21-58)46(63)51-3/h6,8-9,11-14,21-24,26,29,31,35,39,52H,7,10,15-20,25,27-28H2,1-5H3,(H,51,63)(H,53,64)(H,61,62). The number of ether oxygens (including phenoxy) is 1. The van der Waals surface area contributed by atoms with Gasteiger partial charge in [0.15, 0.2) is 18.6 Å². The molecular weight excluding hydrogens is 921 g/mol. The van der Waals surface area contributed by atoms with Gasteiger partial charge in [-0.1, -0.05) is 47.8 Å². The second-order valence-corrected chi connectivity index (χ2v) is 19.8. The van der Waals surface area contributed by atoms with Crippen LogP contribution in [0.25, 0.3) is 10.4 Å². The average Bonchev–Trinajstić information content (AvgIpc) is 3.64. The van der Waals surface area contributed by atoms with E-state index in [-0.39, 0.29) is 63.6 Å². The maximum absolute atomic E-state index is 15.2. The van der Waals surface area contributed by atoms with E-state index in [0.29, 0.717) is 54.9 Å². The highest BCUT2D eigenvalue weighted by atomic mass is 35.5. The molecule has 4 amide bonds. The lowest BCUT2D eigenvalue weighted by Gasteiger charge is -2.45. The van der Waals surface area contributed by atoms with Crippen LogP contribution in [0.3, 0.4) is 0 Å². The summed E-state index contributed by atoms with van der Waals surface area (Å²) in [5, 5.41) is 18.3. The molecule has 15 nitrogen and oxygen atoms in total. The minimum atomic E-state index is -1.17. The number of hydrogen-bond donors (Lipinski definition) is 4. The van der Waals surface area contributed by atoms with Crippen molar-refractivity contribution in [3.8, 4) is 16.2 Å². The minimum absolute atomic E-state index is 0.0643. The highest BCUT2D eigenvalue weighted by Crippen LogP contribution is 2.46. The van der Waals surface area contributed by atoms with Crippen LogP contribution in [-0.2, 0) is 24.9 Å². The van der Waals surface area contributed by atoms with Gasteiger partial charge in [0.1, 0.15) is 28.0 Å². The summed E-state index contributed by atoms with van der Waals surface area (Å²) >= 11 is 9.39.